The number of aromatic nitrogens is 6. The Bertz CT molecular complexity index is 842. The first kappa shape index (κ1) is 15.0. The standard InChI is InChI=1S/C18H23N7/c1-3-14(4-1)13-23-11-7-15(8-12-23)18-21-20-16-5-6-17(22-25(16)18)24-10-2-9-19-24/h2,5-6,9-10,14-15H,1,3-4,7-8,11-13H2. The summed E-state index contributed by atoms with van der Waals surface area (Å²) in [5.41, 5.74) is 0.808. The van der Waals surface area contributed by atoms with E-state index in [0.29, 0.717) is 5.92 Å². The van der Waals surface area contributed by atoms with E-state index in [9.17, 15) is 0 Å². The molecule has 7 nitrogen and oxygen atoms in total. The van der Waals surface area contributed by atoms with E-state index in [1.807, 2.05) is 28.9 Å². The molecule has 0 unspecified atom stereocenters. The minimum atomic E-state index is 0.438. The molecule has 0 aromatic carbocycles. The van der Waals surface area contributed by atoms with Gasteiger partial charge in [0.2, 0.25) is 0 Å². The first-order valence-corrected chi connectivity index (χ1v) is 9.31. The van der Waals surface area contributed by atoms with Crippen molar-refractivity contribution in [2.24, 2.45) is 5.92 Å². The number of nitrogens with zero attached hydrogens (tertiary/aromatic N) is 7. The zero-order valence-corrected chi connectivity index (χ0v) is 14.3. The molecule has 130 valence electrons. The number of piperidine rings is 1. The van der Waals surface area contributed by atoms with Crippen molar-refractivity contribution >= 4 is 5.65 Å². The van der Waals surface area contributed by atoms with Gasteiger partial charge in [0.05, 0.1) is 0 Å². The van der Waals surface area contributed by atoms with Gasteiger partial charge in [0.25, 0.3) is 0 Å². The van der Waals surface area contributed by atoms with Gasteiger partial charge in [-0.1, -0.05) is 6.42 Å². The molecule has 1 aliphatic carbocycles. The summed E-state index contributed by atoms with van der Waals surface area (Å²) in [5, 5.41) is 17.8. The molecule has 5 rings (SSSR count). The number of hydrogen-bond donors (Lipinski definition) is 0. The van der Waals surface area contributed by atoms with Gasteiger partial charge < -0.3 is 4.90 Å². The predicted octanol–water partition coefficient (Wildman–Crippen LogP) is 2.29. The number of hydrogen-bond acceptors (Lipinski definition) is 5. The minimum absolute atomic E-state index is 0.438. The van der Waals surface area contributed by atoms with E-state index in [4.69, 9.17) is 5.10 Å². The van der Waals surface area contributed by atoms with Crippen LogP contribution < -0.4 is 0 Å². The van der Waals surface area contributed by atoms with Gasteiger partial charge in [0, 0.05) is 24.9 Å². The molecule has 0 amide bonds. The molecule has 7 heteroatoms. The largest absolute Gasteiger partial charge is 0.303 e. The van der Waals surface area contributed by atoms with Crippen molar-refractivity contribution in [1.29, 1.82) is 0 Å². The second kappa shape index (κ2) is 6.22. The molecule has 2 fully saturated rings. The average molecular weight is 337 g/mol. The zero-order chi connectivity index (χ0) is 16.6. The summed E-state index contributed by atoms with van der Waals surface area (Å²) in [4.78, 5) is 2.63. The maximum atomic E-state index is 4.72. The van der Waals surface area contributed by atoms with Crippen molar-refractivity contribution in [2.75, 3.05) is 19.6 Å². The summed E-state index contributed by atoms with van der Waals surface area (Å²) in [6.07, 6.45) is 10.2. The van der Waals surface area contributed by atoms with Gasteiger partial charge in [0.1, 0.15) is 0 Å². The Kier molecular flexibility index (Phi) is 3.73. The van der Waals surface area contributed by atoms with Gasteiger partial charge in [-0.15, -0.1) is 15.3 Å². The number of fused-ring (bicyclic) bond motifs is 1. The van der Waals surface area contributed by atoms with E-state index < -0.39 is 0 Å². The topological polar surface area (TPSA) is 64.1 Å². The molecule has 2 aliphatic rings. The smallest absolute Gasteiger partial charge is 0.178 e. The lowest BCUT2D eigenvalue weighted by molar-refractivity contribution is 0.145. The Hall–Kier alpha value is -2.28. The maximum absolute atomic E-state index is 4.72. The first-order chi connectivity index (χ1) is 12.4. The highest BCUT2D eigenvalue weighted by molar-refractivity contribution is 5.39. The molecule has 0 atom stereocenters. The van der Waals surface area contributed by atoms with E-state index in [1.165, 1.54) is 25.8 Å². The lowest BCUT2D eigenvalue weighted by atomic mass is 9.84. The summed E-state index contributed by atoms with van der Waals surface area (Å²) >= 11 is 0. The molecule has 0 radical (unpaired) electrons. The van der Waals surface area contributed by atoms with Gasteiger partial charge in [0.15, 0.2) is 17.3 Å². The summed E-state index contributed by atoms with van der Waals surface area (Å²) in [5.74, 6) is 3.17. The fraction of sp³-hybridized carbons (Fsp3) is 0.556. The molecule has 1 saturated heterocycles. The molecule has 0 N–H and O–H groups in total. The van der Waals surface area contributed by atoms with E-state index in [-0.39, 0.29) is 0 Å². The average Bonchev–Trinajstić information content (AvgIpc) is 3.28. The molecular weight excluding hydrogens is 314 g/mol. The summed E-state index contributed by atoms with van der Waals surface area (Å²) in [7, 11) is 0. The van der Waals surface area contributed by atoms with Gasteiger partial charge in [-0.2, -0.15) is 9.61 Å². The minimum Gasteiger partial charge on any atom is -0.303 e. The monoisotopic (exact) mass is 337 g/mol. The van der Waals surface area contributed by atoms with Crippen LogP contribution in [0.1, 0.15) is 43.8 Å². The number of likely N-dealkylation sites (tertiary alicyclic amines) is 1. The summed E-state index contributed by atoms with van der Waals surface area (Å²) < 4.78 is 3.67. The lowest BCUT2D eigenvalue weighted by Crippen LogP contribution is -2.38. The van der Waals surface area contributed by atoms with Crippen LogP contribution >= 0.6 is 0 Å². The molecule has 1 saturated carbocycles. The van der Waals surface area contributed by atoms with Crippen molar-refractivity contribution in [3.8, 4) is 5.82 Å². The van der Waals surface area contributed by atoms with Crippen molar-refractivity contribution < 1.29 is 0 Å². The Morgan fingerprint density at radius 2 is 1.92 bits per heavy atom. The third kappa shape index (κ3) is 2.82. The number of rotatable bonds is 4. The predicted molar refractivity (Wildman–Crippen MR) is 93.7 cm³/mol. The highest BCUT2D eigenvalue weighted by Crippen LogP contribution is 2.31. The molecule has 25 heavy (non-hydrogen) atoms. The molecule has 0 bridgehead atoms. The van der Waals surface area contributed by atoms with Crippen LogP contribution in [0, 0.1) is 5.92 Å². The summed E-state index contributed by atoms with van der Waals surface area (Å²) in [6, 6.07) is 5.80. The SMILES string of the molecule is c1cnn(-c2ccc3nnc(C4CCN(CC5CCC5)CC4)n3n2)c1. The second-order valence-corrected chi connectivity index (χ2v) is 7.34. The maximum Gasteiger partial charge on any atom is 0.178 e. The Morgan fingerprint density at radius 3 is 2.64 bits per heavy atom. The van der Waals surface area contributed by atoms with Crippen LogP contribution in [0.25, 0.3) is 11.5 Å². The van der Waals surface area contributed by atoms with Crippen LogP contribution in [0.3, 0.4) is 0 Å². The third-order valence-corrected chi connectivity index (χ3v) is 5.71. The Labute approximate surface area is 146 Å². The van der Waals surface area contributed by atoms with E-state index in [0.717, 1.165) is 49.1 Å². The van der Waals surface area contributed by atoms with Crippen LogP contribution in [0.5, 0.6) is 0 Å². The lowest BCUT2D eigenvalue weighted by Gasteiger charge is -2.36. The fourth-order valence-electron chi connectivity index (χ4n) is 3.99. The Balaban J connectivity index is 1.35. The zero-order valence-electron chi connectivity index (χ0n) is 14.3. The first-order valence-electron chi connectivity index (χ1n) is 9.31. The van der Waals surface area contributed by atoms with E-state index in [1.54, 1.807) is 10.9 Å². The van der Waals surface area contributed by atoms with Crippen LogP contribution in [-0.4, -0.2) is 54.1 Å². The Morgan fingerprint density at radius 1 is 1.04 bits per heavy atom. The van der Waals surface area contributed by atoms with Gasteiger partial charge in [-0.3, -0.25) is 0 Å². The molecule has 4 heterocycles. The second-order valence-electron chi connectivity index (χ2n) is 7.34. The van der Waals surface area contributed by atoms with Crippen LogP contribution in [0.4, 0.5) is 0 Å². The normalized spacial score (nSPS) is 20.2. The van der Waals surface area contributed by atoms with Crippen molar-refractivity contribution in [1.82, 2.24) is 34.5 Å². The van der Waals surface area contributed by atoms with Gasteiger partial charge >= 0.3 is 0 Å². The van der Waals surface area contributed by atoms with Crippen molar-refractivity contribution in [3.05, 3.63) is 36.4 Å². The fourth-order valence-corrected chi connectivity index (χ4v) is 3.99. The van der Waals surface area contributed by atoms with Gasteiger partial charge in [-0.05, 0) is 62.9 Å². The van der Waals surface area contributed by atoms with E-state index >= 15 is 0 Å². The van der Waals surface area contributed by atoms with Crippen LogP contribution in [0.2, 0.25) is 0 Å². The van der Waals surface area contributed by atoms with Crippen LogP contribution in [-0.2, 0) is 0 Å². The van der Waals surface area contributed by atoms with Crippen molar-refractivity contribution in [3.63, 3.8) is 0 Å². The van der Waals surface area contributed by atoms with Gasteiger partial charge in [-0.25, -0.2) is 4.68 Å². The molecule has 0 spiro atoms. The quantitative estimate of drug-likeness (QED) is 0.731. The summed E-state index contributed by atoms with van der Waals surface area (Å²) in [6.45, 7) is 3.61. The third-order valence-electron chi connectivity index (χ3n) is 5.71. The molecule has 3 aromatic rings. The van der Waals surface area contributed by atoms with Crippen molar-refractivity contribution in [2.45, 2.75) is 38.0 Å². The molecule has 1 aliphatic heterocycles. The highest BCUT2D eigenvalue weighted by atomic mass is 15.4. The molecular formula is C18H23N7. The van der Waals surface area contributed by atoms with E-state index in [2.05, 4.69) is 20.2 Å². The van der Waals surface area contributed by atoms with Crippen LogP contribution in [0.15, 0.2) is 30.6 Å². The molecule has 3 aromatic heterocycles. The highest BCUT2D eigenvalue weighted by Gasteiger charge is 2.27.